The van der Waals surface area contributed by atoms with Crippen molar-refractivity contribution in [2.75, 3.05) is 6.54 Å². The molecule has 0 aliphatic rings. The van der Waals surface area contributed by atoms with Gasteiger partial charge in [-0.05, 0) is 25.5 Å². The minimum absolute atomic E-state index is 0.541. The van der Waals surface area contributed by atoms with Gasteiger partial charge in [0.15, 0.2) is 0 Å². The molecule has 1 N–H and O–H groups in total. The minimum atomic E-state index is 0.541. The highest BCUT2D eigenvalue weighted by Crippen LogP contribution is 2.22. The highest BCUT2D eigenvalue weighted by atomic mass is 35.5. The van der Waals surface area contributed by atoms with Crippen LogP contribution in [0.3, 0.4) is 0 Å². The Hall–Kier alpha value is -1.65. The molecule has 0 spiro atoms. The zero-order chi connectivity index (χ0) is 14.4. The lowest BCUT2D eigenvalue weighted by molar-refractivity contribution is 0.458. The van der Waals surface area contributed by atoms with E-state index < -0.39 is 0 Å². The van der Waals surface area contributed by atoms with E-state index in [4.69, 9.17) is 16.3 Å². The van der Waals surface area contributed by atoms with Crippen molar-refractivity contribution in [1.29, 1.82) is 0 Å². The van der Waals surface area contributed by atoms with Crippen LogP contribution < -0.4 is 10.1 Å². The Morgan fingerprint density at radius 3 is 2.85 bits per heavy atom. The molecule has 0 aliphatic carbocycles. The van der Waals surface area contributed by atoms with Gasteiger partial charge in [0.25, 0.3) is 0 Å². The maximum absolute atomic E-state index is 5.87. The molecule has 4 nitrogen and oxygen atoms in total. The molecule has 2 heterocycles. The third-order valence-electron chi connectivity index (χ3n) is 2.81. The van der Waals surface area contributed by atoms with Gasteiger partial charge in [-0.1, -0.05) is 24.6 Å². The summed E-state index contributed by atoms with van der Waals surface area (Å²) in [6.45, 7) is 5.96. The number of nitrogens with one attached hydrogen (secondary N) is 1. The predicted octanol–water partition coefficient (Wildman–Crippen LogP) is 3.73. The fourth-order valence-corrected chi connectivity index (χ4v) is 1.94. The summed E-state index contributed by atoms with van der Waals surface area (Å²) >= 11 is 5.87. The van der Waals surface area contributed by atoms with Crippen molar-refractivity contribution in [2.24, 2.45) is 0 Å². The van der Waals surface area contributed by atoms with Gasteiger partial charge in [0.2, 0.25) is 5.88 Å². The standard InChI is InChI=1S/C15H18ClN3O/c1-3-6-17-8-12-4-5-15(19-11(12)2)20-14-7-13(16)9-18-10-14/h4-5,7,9-10,17H,3,6,8H2,1-2H3. The van der Waals surface area contributed by atoms with Gasteiger partial charge >= 0.3 is 0 Å². The summed E-state index contributed by atoms with van der Waals surface area (Å²) in [6.07, 6.45) is 4.30. The maximum Gasteiger partial charge on any atom is 0.219 e. The predicted molar refractivity (Wildman–Crippen MR) is 80.3 cm³/mol. The van der Waals surface area contributed by atoms with Crippen molar-refractivity contribution in [3.8, 4) is 11.6 Å². The fraction of sp³-hybridized carbons (Fsp3) is 0.333. The van der Waals surface area contributed by atoms with Crippen LogP contribution in [0.4, 0.5) is 0 Å². The molecule has 0 fully saturated rings. The van der Waals surface area contributed by atoms with E-state index in [-0.39, 0.29) is 0 Å². The summed E-state index contributed by atoms with van der Waals surface area (Å²) < 4.78 is 5.64. The van der Waals surface area contributed by atoms with Gasteiger partial charge in [-0.3, -0.25) is 4.98 Å². The Morgan fingerprint density at radius 2 is 2.15 bits per heavy atom. The van der Waals surface area contributed by atoms with Crippen molar-refractivity contribution in [3.05, 3.63) is 46.9 Å². The van der Waals surface area contributed by atoms with Crippen LogP contribution in [0.1, 0.15) is 24.6 Å². The molecule has 0 aromatic carbocycles. The normalized spacial score (nSPS) is 10.6. The van der Waals surface area contributed by atoms with E-state index in [1.54, 1.807) is 18.5 Å². The summed E-state index contributed by atoms with van der Waals surface area (Å²) in [7, 11) is 0. The van der Waals surface area contributed by atoms with Crippen LogP contribution in [0.15, 0.2) is 30.6 Å². The molecule has 2 aromatic heterocycles. The zero-order valence-corrected chi connectivity index (χ0v) is 12.4. The first-order valence-electron chi connectivity index (χ1n) is 6.64. The molecular weight excluding hydrogens is 274 g/mol. The number of hydrogen-bond donors (Lipinski definition) is 1. The van der Waals surface area contributed by atoms with Crippen LogP contribution in [0.2, 0.25) is 5.02 Å². The van der Waals surface area contributed by atoms with Gasteiger partial charge in [-0.25, -0.2) is 4.98 Å². The van der Waals surface area contributed by atoms with Crippen molar-refractivity contribution in [3.63, 3.8) is 0 Å². The van der Waals surface area contributed by atoms with E-state index in [9.17, 15) is 0 Å². The molecule has 0 amide bonds. The largest absolute Gasteiger partial charge is 0.437 e. The molecule has 106 valence electrons. The molecule has 0 saturated heterocycles. The summed E-state index contributed by atoms with van der Waals surface area (Å²) in [6, 6.07) is 5.59. The van der Waals surface area contributed by atoms with Gasteiger partial charge in [-0.15, -0.1) is 0 Å². The number of ether oxygens (including phenoxy) is 1. The molecule has 2 rings (SSSR count). The maximum atomic E-state index is 5.87. The quantitative estimate of drug-likeness (QED) is 0.824. The second-order valence-electron chi connectivity index (χ2n) is 4.51. The molecule has 0 aliphatic heterocycles. The average molecular weight is 292 g/mol. The molecule has 0 bridgehead atoms. The SMILES string of the molecule is CCCNCc1ccc(Oc2cncc(Cl)c2)nc1C. The highest BCUT2D eigenvalue weighted by Gasteiger charge is 2.04. The third kappa shape index (κ3) is 4.18. The van der Waals surface area contributed by atoms with Crippen LogP contribution in [0.5, 0.6) is 11.6 Å². The van der Waals surface area contributed by atoms with Crippen molar-refractivity contribution in [1.82, 2.24) is 15.3 Å². The molecule has 0 atom stereocenters. The van der Waals surface area contributed by atoms with Crippen LogP contribution >= 0.6 is 11.6 Å². The Balaban J connectivity index is 2.05. The van der Waals surface area contributed by atoms with Gasteiger partial charge in [-0.2, -0.15) is 0 Å². The van der Waals surface area contributed by atoms with E-state index >= 15 is 0 Å². The monoisotopic (exact) mass is 291 g/mol. The Labute approximate surface area is 124 Å². The second kappa shape index (κ2) is 7.22. The Kier molecular flexibility index (Phi) is 5.32. The smallest absolute Gasteiger partial charge is 0.219 e. The van der Waals surface area contributed by atoms with E-state index in [2.05, 4.69) is 22.2 Å². The van der Waals surface area contributed by atoms with E-state index in [1.807, 2.05) is 19.1 Å². The van der Waals surface area contributed by atoms with Crippen LogP contribution in [-0.2, 0) is 6.54 Å². The van der Waals surface area contributed by atoms with E-state index in [0.717, 1.165) is 25.2 Å². The summed E-state index contributed by atoms with van der Waals surface area (Å²) in [5, 5.41) is 3.90. The fourth-order valence-electron chi connectivity index (χ4n) is 1.78. The average Bonchev–Trinajstić information content (AvgIpc) is 2.41. The first kappa shape index (κ1) is 14.8. The molecular formula is C15H18ClN3O. The van der Waals surface area contributed by atoms with Gasteiger partial charge in [0.1, 0.15) is 5.75 Å². The minimum Gasteiger partial charge on any atom is -0.437 e. The lowest BCUT2D eigenvalue weighted by Gasteiger charge is -2.09. The van der Waals surface area contributed by atoms with Crippen molar-refractivity contribution in [2.45, 2.75) is 26.8 Å². The zero-order valence-electron chi connectivity index (χ0n) is 11.7. The van der Waals surface area contributed by atoms with Crippen molar-refractivity contribution >= 4 is 11.6 Å². The number of aryl methyl sites for hydroxylation is 1. The first-order valence-corrected chi connectivity index (χ1v) is 7.02. The van der Waals surface area contributed by atoms with Crippen LogP contribution in [0.25, 0.3) is 0 Å². The third-order valence-corrected chi connectivity index (χ3v) is 3.02. The molecule has 0 radical (unpaired) electrons. The number of aromatic nitrogens is 2. The van der Waals surface area contributed by atoms with E-state index in [1.165, 1.54) is 5.56 Å². The first-order chi connectivity index (χ1) is 9.69. The van der Waals surface area contributed by atoms with Gasteiger partial charge < -0.3 is 10.1 Å². The van der Waals surface area contributed by atoms with Crippen molar-refractivity contribution < 1.29 is 4.74 Å². The summed E-state index contributed by atoms with van der Waals surface area (Å²) in [4.78, 5) is 8.42. The number of halogens is 1. The lowest BCUT2D eigenvalue weighted by atomic mass is 10.2. The Morgan fingerprint density at radius 1 is 1.30 bits per heavy atom. The number of rotatable bonds is 6. The van der Waals surface area contributed by atoms with Crippen LogP contribution in [0, 0.1) is 6.92 Å². The molecule has 5 heteroatoms. The van der Waals surface area contributed by atoms with Gasteiger partial charge in [0, 0.05) is 30.6 Å². The lowest BCUT2D eigenvalue weighted by Crippen LogP contribution is -2.15. The Bertz CT molecular complexity index is 575. The summed E-state index contributed by atoms with van der Waals surface area (Å²) in [5.74, 6) is 1.13. The number of nitrogens with zero attached hydrogens (tertiary/aromatic N) is 2. The molecule has 0 unspecified atom stereocenters. The van der Waals surface area contributed by atoms with Crippen LogP contribution in [-0.4, -0.2) is 16.5 Å². The molecule has 20 heavy (non-hydrogen) atoms. The molecule has 0 saturated carbocycles. The van der Waals surface area contributed by atoms with E-state index in [0.29, 0.717) is 16.7 Å². The number of pyridine rings is 2. The highest BCUT2D eigenvalue weighted by molar-refractivity contribution is 6.30. The summed E-state index contributed by atoms with van der Waals surface area (Å²) in [5.41, 5.74) is 2.14. The molecule has 2 aromatic rings. The topological polar surface area (TPSA) is 47.0 Å². The second-order valence-corrected chi connectivity index (χ2v) is 4.95. The number of hydrogen-bond acceptors (Lipinski definition) is 4. The van der Waals surface area contributed by atoms with Gasteiger partial charge in [0.05, 0.1) is 11.2 Å².